The number of carbonyl (C=O) groups excluding carboxylic acids is 2. The van der Waals surface area contributed by atoms with Gasteiger partial charge in [0, 0.05) is 18.5 Å². The number of Topliss-reactive ketones (excluding diaryl/α,β-unsaturated/α-hetero) is 1. The first kappa shape index (κ1) is 23.8. The average Bonchev–Trinajstić information content (AvgIpc) is 3.39. The van der Waals surface area contributed by atoms with Gasteiger partial charge < -0.3 is 19.3 Å². The molecule has 1 aromatic heterocycles. The second kappa shape index (κ2) is 9.85. The molecule has 0 saturated carbocycles. The molecule has 0 radical (unpaired) electrons. The quantitative estimate of drug-likeness (QED) is 0.428. The second-order valence-electron chi connectivity index (χ2n) is 8.99. The van der Waals surface area contributed by atoms with Crippen LogP contribution in [-0.2, 0) is 4.79 Å². The number of nitrogens with zero attached hydrogens (tertiary/aromatic N) is 2. The predicted molar refractivity (Wildman–Crippen MR) is 133 cm³/mol. The number of rotatable bonds is 9. The van der Waals surface area contributed by atoms with E-state index < -0.39 is 23.5 Å². The minimum absolute atomic E-state index is 0.0703. The van der Waals surface area contributed by atoms with Crippen molar-refractivity contribution in [2.24, 2.45) is 0 Å². The number of hydrogen-bond acceptors (Lipinski definition) is 5. The molecule has 6 nitrogen and oxygen atoms in total. The summed E-state index contributed by atoms with van der Waals surface area (Å²) in [7, 11) is 0. The van der Waals surface area contributed by atoms with Gasteiger partial charge in [0.25, 0.3) is 5.91 Å². The Hall–Kier alpha value is -3.38. The van der Waals surface area contributed by atoms with E-state index in [0.717, 1.165) is 24.0 Å². The maximum atomic E-state index is 13.6. The lowest BCUT2D eigenvalue weighted by Gasteiger charge is -2.29. The molecule has 2 aromatic carbocycles. The molecule has 178 valence electrons. The zero-order valence-electron chi connectivity index (χ0n) is 20.2. The topological polar surface area (TPSA) is 74.0 Å². The van der Waals surface area contributed by atoms with Gasteiger partial charge in [-0.15, -0.1) is 0 Å². The van der Waals surface area contributed by atoms with Crippen LogP contribution in [0.3, 0.4) is 0 Å². The van der Waals surface area contributed by atoms with Crippen LogP contribution < -0.4 is 0 Å². The minimum Gasteiger partial charge on any atom is -0.503 e. The van der Waals surface area contributed by atoms with Crippen LogP contribution in [0.1, 0.15) is 61.3 Å². The lowest BCUT2D eigenvalue weighted by molar-refractivity contribution is -0.129. The summed E-state index contributed by atoms with van der Waals surface area (Å²) >= 11 is 0. The van der Waals surface area contributed by atoms with Gasteiger partial charge in [-0.1, -0.05) is 70.2 Å². The largest absolute Gasteiger partial charge is 0.503 e. The van der Waals surface area contributed by atoms with Crippen LogP contribution in [0, 0.1) is 0 Å². The van der Waals surface area contributed by atoms with Crippen molar-refractivity contribution in [1.29, 1.82) is 0 Å². The number of hydrogen-bond donors (Lipinski definition) is 1. The summed E-state index contributed by atoms with van der Waals surface area (Å²) in [6, 6.07) is 16.3. The van der Waals surface area contributed by atoms with E-state index in [0.29, 0.717) is 24.6 Å². The summed E-state index contributed by atoms with van der Waals surface area (Å²) < 4.78 is 5.80. The average molecular weight is 461 g/mol. The molecule has 0 bridgehead atoms. The zero-order valence-corrected chi connectivity index (χ0v) is 20.2. The zero-order chi connectivity index (χ0) is 24.4. The van der Waals surface area contributed by atoms with Crippen LogP contribution in [0.25, 0.3) is 11.0 Å². The molecule has 0 aliphatic carbocycles. The van der Waals surface area contributed by atoms with Gasteiger partial charge in [-0.25, -0.2) is 0 Å². The molecule has 0 spiro atoms. The number of ketones is 1. The molecular formula is C28H32N2O4. The number of furan rings is 1. The highest BCUT2D eigenvalue weighted by molar-refractivity contribution is 6.16. The number of benzene rings is 2. The molecule has 4 rings (SSSR count). The van der Waals surface area contributed by atoms with E-state index in [9.17, 15) is 14.7 Å². The molecular weight excluding hydrogens is 428 g/mol. The lowest BCUT2D eigenvalue weighted by atomic mass is 9.93. The summed E-state index contributed by atoms with van der Waals surface area (Å²) in [5.74, 6) is -1.01. The molecule has 2 heterocycles. The Morgan fingerprint density at radius 3 is 2.38 bits per heavy atom. The highest BCUT2D eigenvalue weighted by Gasteiger charge is 2.44. The Kier molecular flexibility index (Phi) is 6.89. The van der Waals surface area contributed by atoms with Gasteiger partial charge in [0.1, 0.15) is 5.58 Å². The van der Waals surface area contributed by atoms with Gasteiger partial charge in [-0.2, -0.15) is 0 Å². The molecule has 6 heteroatoms. The molecule has 3 aromatic rings. The molecule has 1 N–H and O–H groups in total. The van der Waals surface area contributed by atoms with Gasteiger partial charge >= 0.3 is 0 Å². The summed E-state index contributed by atoms with van der Waals surface area (Å²) in [4.78, 5) is 30.6. The molecule has 0 fully saturated rings. The fraction of sp³-hybridized carbons (Fsp3) is 0.357. The van der Waals surface area contributed by atoms with E-state index in [2.05, 4.69) is 32.6 Å². The summed E-state index contributed by atoms with van der Waals surface area (Å²) in [6.07, 6.45) is 0. The van der Waals surface area contributed by atoms with Crippen molar-refractivity contribution >= 4 is 22.7 Å². The van der Waals surface area contributed by atoms with Gasteiger partial charge in [0.15, 0.2) is 11.5 Å². The highest BCUT2D eigenvalue weighted by Crippen LogP contribution is 2.39. The van der Waals surface area contributed by atoms with E-state index >= 15 is 0 Å². The SMILES string of the molecule is CCN(CC)CCN1C(=O)C(O)=C(C(=O)c2cc3ccccc3o2)C1c1ccc(C(C)C)cc1. The Morgan fingerprint density at radius 2 is 1.76 bits per heavy atom. The van der Waals surface area contributed by atoms with Crippen molar-refractivity contribution in [3.63, 3.8) is 0 Å². The molecule has 1 unspecified atom stereocenters. The van der Waals surface area contributed by atoms with E-state index in [1.165, 1.54) is 5.56 Å². The van der Waals surface area contributed by atoms with Crippen LogP contribution in [-0.4, -0.2) is 52.8 Å². The molecule has 1 aliphatic heterocycles. The van der Waals surface area contributed by atoms with Crippen molar-refractivity contribution in [2.75, 3.05) is 26.2 Å². The smallest absolute Gasteiger partial charge is 0.290 e. The standard InChI is InChI=1S/C28H32N2O4/c1-5-29(6-2)15-16-30-25(20-13-11-19(12-14-20)18(3)4)24(27(32)28(30)33)26(31)23-17-21-9-7-8-10-22(21)34-23/h7-14,17-18,25,32H,5-6,15-16H2,1-4H3. The summed E-state index contributed by atoms with van der Waals surface area (Å²) in [5.41, 5.74) is 2.62. The van der Waals surface area contributed by atoms with Gasteiger partial charge in [-0.3, -0.25) is 9.59 Å². The number of carbonyl (C=O) groups is 2. The Bertz CT molecular complexity index is 1190. The first-order valence-corrected chi connectivity index (χ1v) is 11.9. The van der Waals surface area contributed by atoms with Crippen LogP contribution in [0.15, 0.2) is 70.3 Å². The van der Waals surface area contributed by atoms with E-state index in [4.69, 9.17) is 4.42 Å². The third-order valence-corrected chi connectivity index (χ3v) is 6.67. The van der Waals surface area contributed by atoms with Crippen LogP contribution in [0.2, 0.25) is 0 Å². The Labute approximate surface area is 200 Å². The number of aliphatic hydroxyl groups excluding tert-OH is 1. The number of aliphatic hydroxyl groups is 1. The number of likely N-dealkylation sites (N-methyl/N-ethyl adjacent to an activating group) is 1. The van der Waals surface area contributed by atoms with E-state index in [1.807, 2.05) is 42.5 Å². The highest BCUT2D eigenvalue weighted by atomic mass is 16.3. The van der Waals surface area contributed by atoms with Crippen molar-refractivity contribution < 1.29 is 19.1 Å². The third-order valence-electron chi connectivity index (χ3n) is 6.67. The van der Waals surface area contributed by atoms with Crippen LogP contribution >= 0.6 is 0 Å². The minimum atomic E-state index is -0.676. The number of amides is 1. The molecule has 1 atom stereocenters. The molecule has 1 aliphatic rings. The third kappa shape index (κ3) is 4.38. The fourth-order valence-corrected chi connectivity index (χ4v) is 4.54. The normalized spacial score (nSPS) is 16.5. The number of para-hydroxylation sites is 1. The summed E-state index contributed by atoms with van der Waals surface area (Å²) in [6.45, 7) is 11.1. The van der Waals surface area contributed by atoms with Crippen molar-refractivity contribution in [3.05, 3.63) is 82.8 Å². The Balaban J connectivity index is 1.75. The first-order chi connectivity index (χ1) is 16.3. The summed E-state index contributed by atoms with van der Waals surface area (Å²) in [5, 5.41) is 11.7. The van der Waals surface area contributed by atoms with Crippen molar-refractivity contribution in [1.82, 2.24) is 9.80 Å². The van der Waals surface area contributed by atoms with Gasteiger partial charge in [0.2, 0.25) is 5.78 Å². The monoisotopic (exact) mass is 460 g/mol. The maximum absolute atomic E-state index is 13.6. The predicted octanol–water partition coefficient (Wildman–Crippen LogP) is 5.48. The molecule has 0 saturated heterocycles. The van der Waals surface area contributed by atoms with E-state index in [1.54, 1.807) is 17.0 Å². The van der Waals surface area contributed by atoms with E-state index in [-0.39, 0.29) is 11.3 Å². The molecule has 1 amide bonds. The lowest BCUT2D eigenvalue weighted by Crippen LogP contribution is -2.38. The van der Waals surface area contributed by atoms with Crippen molar-refractivity contribution in [2.45, 2.75) is 39.7 Å². The van der Waals surface area contributed by atoms with Crippen LogP contribution in [0.4, 0.5) is 0 Å². The maximum Gasteiger partial charge on any atom is 0.290 e. The first-order valence-electron chi connectivity index (χ1n) is 11.9. The Morgan fingerprint density at radius 1 is 1.09 bits per heavy atom. The molecule has 34 heavy (non-hydrogen) atoms. The fourth-order valence-electron chi connectivity index (χ4n) is 4.54. The second-order valence-corrected chi connectivity index (χ2v) is 8.99. The van der Waals surface area contributed by atoms with Crippen LogP contribution in [0.5, 0.6) is 0 Å². The van der Waals surface area contributed by atoms with Gasteiger partial charge in [0.05, 0.1) is 11.6 Å². The van der Waals surface area contributed by atoms with Gasteiger partial charge in [-0.05, 0) is 42.3 Å². The number of fused-ring (bicyclic) bond motifs is 1. The van der Waals surface area contributed by atoms with Crippen molar-refractivity contribution in [3.8, 4) is 0 Å².